The fourth-order valence-electron chi connectivity index (χ4n) is 2.55. The Kier molecular flexibility index (Phi) is 3.61. The Morgan fingerprint density at radius 3 is 2.95 bits per heavy atom. The number of benzene rings is 1. The summed E-state index contributed by atoms with van der Waals surface area (Å²) in [5.41, 5.74) is 2.13. The molecular formula is C16H19ClN2. The molecular weight excluding hydrogens is 256 g/mol. The zero-order valence-corrected chi connectivity index (χ0v) is 12.0. The van der Waals surface area contributed by atoms with Gasteiger partial charge in [0.15, 0.2) is 0 Å². The number of hydrogen-bond donors (Lipinski definition) is 1. The Bertz CT molecular complexity index is 578. The first-order valence-electron chi connectivity index (χ1n) is 7.07. The van der Waals surface area contributed by atoms with Crippen molar-refractivity contribution in [2.45, 2.75) is 38.6 Å². The highest BCUT2D eigenvalue weighted by Crippen LogP contribution is 2.35. The number of aromatic nitrogens is 1. The zero-order chi connectivity index (χ0) is 13.2. The normalized spacial score (nSPS) is 16.5. The Balaban J connectivity index is 1.86. The van der Waals surface area contributed by atoms with E-state index in [1.165, 1.54) is 24.9 Å². The maximum absolute atomic E-state index is 6.02. The first kappa shape index (κ1) is 12.7. The summed E-state index contributed by atoms with van der Waals surface area (Å²) in [5, 5.41) is 5.57. The van der Waals surface area contributed by atoms with Gasteiger partial charge in [-0.15, -0.1) is 0 Å². The second-order valence-corrected chi connectivity index (χ2v) is 5.89. The molecule has 0 amide bonds. The van der Waals surface area contributed by atoms with E-state index in [9.17, 15) is 0 Å². The highest BCUT2D eigenvalue weighted by Gasteiger charge is 2.24. The molecule has 1 N–H and O–H groups in total. The average Bonchev–Trinajstić information content (AvgIpc) is 3.21. The topological polar surface area (TPSA) is 24.9 Å². The Morgan fingerprint density at radius 1 is 1.37 bits per heavy atom. The zero-order valence-electron chi connectivity index (χ0n) is 11.2. The lowest BCUT2D eigenvalue weighted by atomic mass is 10.1. The van der Waals surface area contributed by atoms with Crippen molar-refractivity contribution in [1.82, 2.24) is 4.98 Å². The molecule has 1 aromatic carbocycles. The summed E-state index contributed by atoms with van der Waals surface area (Å²) in [5.74, 6) is 0.944. The molecule has 3 rings (SSSR count). The Hall–Kier alpha value is -1.28. The number of fused-ring (bicyclic) bond motifs is 1. The fourth-order valence-corrected chi connectivity index (χ4v) is 2.72. The summed E-state index contributed by atoms with van der Waals surface area (Å²) < 4.78 is 0. The summed E-state index contributed by atoms with van der Waals surface area (Å²) in [6.07, 6.45) is 7.11. The predicted molar refractivity (Wildman–Crippen MR) is 81.8 cm³/mol. The maximum atomic E-state index is 6.02. The van der Waals surface area contributed by atoms with Gasteiger partial charge in [0, 0.05) is 28.3 Å². The molecule has 100 valence electrons. The predicted octanol–water partition coefficient (Wildman–Crippen LogP) is 4.88. The van der Waals surface area contributed by atoms with E-state index in [0.717, 1.165) is 28.3 Å². The largest absolute Gasteiger partial charge is 0.382 e. The third-order valence-corrected chi connectivity index (χ3v) is 4.11. The van der Waals surface area contributed by atoms with Gasteiger partial charge in [0.1, 0.15) is 0 Å². The van der Waals surface area contributed by atoms with Crippen LogP contribution in [-0.4, -0.2) is 11.0 Å². The first-order chi connectivity index (χ1) is 9.26. The molecule has 2 nitrogen and oxygen atoms in total. The van der Waals surface area contributed by atoms with E-state index in [2.05, 4.69) is 29.4 Å². The van der Waals surface area contributed by atoms with Crippen LogP contribution >= 0.6 is 11.6 Å². The minimum Gasteiger partial charge on any atom is -0.382 e. The minimum absolute atomic E-state index is 0.564. The Labute approximate surface area is 119 Å². The number of hydrogen-bond acceptors (Lipinski definition) is 2. The van der Waals surface area contributed by atoms with Crippen molar-refractivity contribution in [1.29, 1.82) is 0 Å². The quantitative estimate of drug-likeness (QED) is 0.841. The van der Waals surface area contributed by atoms with Crippen LogP contribution in [0.4, 0.5) is 5.69 Å². The number of rotatable bonds is 5. The SMILES string of the molecule is CCC(CC1CC1)Nc1ccnc2cc(Cl)ccc12. The van der Waals surface area contributed by atoms with Gasteiger partial charge in [0.2, 0.25) is 0 Å². The van der Waals surface area contributed by atoms with Gasteiger partial charge in [-0.05, 0) is 43.0 Å². The summed E-state index contributed by atoms with van der Waals surface area (Å²) in [6, 6.07) is 8.53. The van der Waals surface area contributed by atoms with E-state index in [1.54, 1.807) is 0 Å². The van der Waals surface area contributed by atoms with Crippen LogP contribution in [-0.2, 0) is 0 Å². The molecule has 1 aromatic heterocycles. The monoisotopic (exact) mass is 274 g/mol. The van der Waals surface area contributed by atoms with Crippen LogP contribution in [0.2, 0.25) is 5.02 Å². The molecule has 1 aliphatic rings. The molecule has 0 aliphatic heterocycles. The van der Waals surface area contributed by atoms with Crippen LogP contribution in [0, 0.1) is 5.92 Å². The van der Waals surface area contributed by atoms with Gasteiger partial charge < -0.3 is 5.32 Å². The summed E-state index contributed by atoms with van der Waals surface area (Å²) in [7, 11) is 0. The smallest absolute Gasteiger partial charge is 0.0737 e. The molecule has 19 heavy (non-hydrogen) atoms. The second-order valence-electron chi connectivity index (χ2n) is 5.45. The van der Waals surface area contributed by atoms with E-state index in [0.29, 0.717) is 6.04 Å². The number of pyridine rings is 1. The van der Waals surface area contributed by atoms with Crippen LogP contribution in [0.15, 0.2) is 30.5 Å². The third-order valence-electron chi connectivity index (χ3n) is 3.87. The van der Waals surface area contributed by atoms with Crippen molar-refractivity contribution in [3.05, 3.63) is 35.5 Å². The van der Waals surface area contributed by atoms with Gasteiger partial charge in [-0.2, -0.15) is 0 Å². The fraction of sp³-hybridized carbons (Fsp3) is 0.438. The molecule has 2 aromatic rings. The van der Waals surface area contributed by atoms with Gasteiger partial charge in [0.25, 0.3) is 0 Å². The van der Waals surface area contributed by atoms with E-state index >= 15 is 0 Å². The van der Waals surface area contributed by atoms with E-state index < -0.39 is 0 Å². The number of nitrogens with zero attached hydrogens (tertiary/aromatic N) is 1. The van der Waals surface area contributed by atoms with Crippen LogP contribution in [0.5, 0.6) is 0 Å². The number of nitrogens with one attached hydrogen (secondary N) is 1. The van der Waals surface area contributed by atoms with Gasteiger partial charge in [0.05, 0.1) is 5.52 Å². The molecule has 1 fully saturated rings. The molecule has 0 spiro atoms. The van der Waals surface area contributed by atoms with Crippen molar-refractivity contribution in [3.63, 3.8) is 0 Å². The highest BCUT2D eigenvalue weighted by molar-refractivity contribution is 6.31. The van der Waals surface area contributed by atoms with Crippen LogP contribution in [0.3, 0.4) is 0 Å². The van der Waals surface area contributed by atoms with Crippen molar-refractivity contribution in [2.75, 3.05) is 5.32 Å². The molecule has 1 aliphatic carbocycles. The lowest BCUT2D eigenvalue weighted by molar-refractivity contribution is 0.587. The summed E-state index contributed by atoms with van der Waals surface area (Å²) >= 11 is 6.02. The van der Waals surface area contributed by atoms with Crippen LogP contribution in [0.25, 0.3) is 10.9 Å². The molecule has 1 atom stereocenters. The lowest BCUT2D eigenvalue weighted by Crippen LogP contribution is -2.19. The molecule has 1 saturated carbocycles. The highest BCUT2D eigenvalue weighted by atomic mass is 35.5. The number of halogens is 1. The summed E-state index contributed by atoms with van der Waals surface area (Å²) in [4.78, 5) is 4.38. The maximum Gasteiger partial charge on any atom is 0.0737 e. The van der Waals surface area contributed by atoms with E-state index in [4.69, 9.17) is 11.6 Å². The van der Waals surface area contributed by atoms with Crippen molar-refractivity contribution >= 4 is 28.2 Å². The molecule has 0 radical (unpaired) electrons. The number of anilines is 1. The van der Waals surface area contributed by atoms with Gasteiger partial charge >= 0.3 is 0 Å². The standard InChI is InChI=1S/C16H19ClN2/c1-2-13(9-11-3-4-11)19-15-7-8-18-16-10-12(17)5-6-14(15)16/h5-8,10-11,13H,2-4,9H2,1H3,(H,18,19). The summed E-state index contributed by atoms with van der Waals surface area (Å²) in [6.45, 7) is 2.25. The van der Waals surface area contributed by atoms with Crippen molar-refractivity contribution in [2.24, 2.45) is 5.92 Å². The van der Waals surface area contributed by atoms with Crippen LogP contribution in [0.1, 0.15) is 32.6 Å². The second kappa shape index (κ2) is 5.38. The van der Waals surface area contributed by atoms with Crippen LogP contribution < -0.4 is 5.32 Å². The van der Waals surface area contributed by atoms with Gasteiger partial charge in [-0.1, -0.05) is 31.4 Å². The minimum atomic E-state index is 0.564. The molecule has 0 bridgehead atoms. The van der Waals surface area contributed by atoms with E-state index in [1.807, 2.05) is 18.3 Å². The lowest BCUT2D eigenvalue weighted by Gasteiger charge is -2.19. The van der Waals surface area contributed by atoms with Crippen molar-refractivity contribution < 1.29 is 0 Å². The molecule has 1 unspecified atom stereocenters. The van der Waals surface area contributed by atoms with Crippen molar-refractivity contribution in [3.8, 4) is 0 Å². The molecule has 1 heterocycles. The molecule has 0 saturated heterocycles. The Morgan fingerprint density at radius 2 is 2.21 bits per heavy atom. The van der Waals surface area contributed by atoms with Gasteiger partial charge in [-0.3, -0.25) is 4.98 Å². The molecule has 3 heteroatoms. The third kappa shape index (κ3) is 3.01. The average molecular weight is 275 g/mol. The van der Waals surface area contributed by atoms with Gasteiger partial charge in [-0.25, -0.2) is 0 Å². The first-order valence-corrected chi connectivity index (χ1v) is 7.45. The van der Waals surface area contributed by atoms with E-state index in [-0.39, 0.29) is 0 Å².